The average Bonchev–Trinajstić information content (AvgIpc) is 2.91. The van der Waals surface area contributed by atoms with Crippen LogP contribution in [0.25, 0.3) is 0 Å². The summed E-state index contributed by atoms with van der Waals surface area (Å²) in [5, 5.41) is 4.47. The van der Waals surface area contributed by atoms with Gasteiger partial charge in [0.2, 0.25) is 0 Å². The van der Waals surface area contributed by atoms with E-state index < -0.39 is 5.91 Å². The Kier molecular flexibility index (Phi) is 6.49. The van der Waals surface area contributed by atoms with Crippen LogP contribution in [-0.2, 0) is 6.54 Å². The van der Waals surface area contributed by atoms with Crippen molar-refractivity contribution in [3.8, 4) is 0 Å². The molecule has 5 nitrogen and oxygen atoms in total. The largest absolute Gasteiger partial charge is 0.309 e. The van der Waals surface area contributed by atoms with E-state index in [1.54, 1.807) is 24.3 Å². The molecule has 0 saturated heterocycles. The van der Waals surface area contributed by atoms with Gasteiger partial charge in [0, 0.05) is 4.47 Å². The summed E-state index contributed by atoms with van der Waals surface area (Å²) in [7, 11) is 0. The Morgan fingerprint density at radius 2 is 1.89 bits per heavy atom. The lowest BCUT2D eigenvalue weighted by atomic mass is 10.2. The van der Waals surface area contributed by atoms with Gasteiger partial charge >= 0.3 is 4.87 Å². The zero-order valence-electron chi connectivity index (χ0n) is 13.7. The minimum atomic E-state index is -0.449. The molecule has 3 rings (SSSR count). The second-order valence-electron chi connectivity index (χ2n) is 5.41. The van der Waals surface area contributed by atoms with Crippen LogP contribution in [0.1, 0.15) is 20.8 Å². The summed E-state index contributed by atoms with van der Waals surface area (Å²) >= 11 is 16.6. The Morgan fingerprint density at radius 1 is 1.19 bits per heavy atom. The fourth-order valence-electron chi connectivity index (χ4n) is 2.25. The summed E-state index contributed by atoms with van der Waals surface area (Å²) in [6.45, 7) is 0.348. The Morgan fingerprint density at radius 3 is 2.59 bits per heavy atom. The van der Waals surface area contributed by atoms with Crippen LogP contribution >= 0.6 is 50.5 Å². The number of hydrazone groups is 1. The second kappa shape index (κ2) is 8.84. The number of aromatic nitrogens is 1. The van der Waals surface area contributed by atoms with Crippen molar-refractivity contribution in [2.75, 3.05) is 0 Å². The number of benzene rings is 2. The zero-order valence-corrected chi connectivity index (χ0v) is 17.6. The average molecular weight is 485 g/mol. The van der Waals surface area contributed by atoms with Gasteiger partial charge in [0.05, 0.1) is 28.2 Å². The van der Waals surface area contributed by atoms with Gasteiger partial charge in [-0.25, -0.2) is 5.43 Å². The van der Waals surface area contributed by atoms with Crippen molar-refractivity contribution in [2.24, 2.45) is 5.10 Å². The number of amides is 1. The van der Waals surface area contributed by atoms with Crippen LogP contribution in [0.15, 0.2) is 62.9 Å². The summed E-state index contributed by atoms with van der Waals surface area (Å²) in [5.74, 6) is -0.449. The number of rotatable bonds is 5. The van der Waals surface area contributed by atoms with Gasteiger partial charge in [-0.2, -0.15) is 5.10 Å². The molecular formula is C18H12BrCl2N3O2S. The third-order valence-electron chi connectivity index (χ3n) is 3.58. The lowest BCUT2D eigenvalue weighted by molar-refractivity contribution is 0.0955. The van der Waals surface area contributed by atoms with Gasteiger partial charge in [0.15, 0.2) is 0 Å². The van der Waals surface area contributed by atoms with E-state index in [0.29, 0.717) is 22.0 Å². The first kappa shape index (κ1) is 19.8. The quantitative estimate of drug-likeness (QED) is 0.418. The minimum absolute atomic E-state index is 0.207. The van der Waals surface area contributed by atoms with Crippen LogP contribution in [0.4, 0.5) is 0 Å². The van der Waals surface area contributed by atoms with Crippen molar-refractivity contribution in [1.29, 1.82) is 0 Å². The molecule has 0 fully saturated rings. The molecule has 0 spiro atoms. The van der Waals surface area contributed by atoms with Crippen molar-refractivity contribution in [3.63, 3.8) is 0 Å². The number of nitrogens with one attached hydrogen (secondary N) is 1. The number of thiazole rings is 1. The molecule has 0 unspecified atom stereocenters. The summed E-state index contributed by atoms with van der Waals surface area (Å²) in [4.78, 5) is 24.5. The maximum atomic E-state index is 12.2. The first-order valence-electron chi connectivity index (χ1n) is 7.67. The molecule has 1 N–H and O–H groups in total. The maximum Gasteiger partial charge on any atom is 0.309 e. The molecule has 2 aromatic carbocycles. The number of hydrogen-bond donors (Lipinski definition) is 1. The third-order valence-corrected chi connectivity index (χ3v) is 5.87. The number of carbonyl (C=O) groups is 1. The summed E-state index contributed by atoms with van der Waals surface area (Å²) in [6.07, 6.45) is 1.35. The van der Waals surface area contributed by atoms with Crippen LogP contribution < -0.4 is 10.3 Å². The smallest absolute Gasteiger partial charge is 0.284 e. The molecule has 9 heteroatoms. The number of nitrogens with zero attached hydrogens (tertiary/aromatic N) is 2. The molecule has 27 heavy (non-hydrogen) atoms. The van der Waals surface area contributed by atoms with Gasteiger partial charge in [-0.1, -0.05) is 74.7 Å². The molecule has 0 aliphatic rings. The molecule has 1 heterocycles. The predicted octanol–water partition coefficient (Wildman–Crippen LogP) is 4.79. The molecule has 3 aromatic rings. The molecule has 0 saturated carbocycles. The second-order valence-corrected chi connectivity index (χ2v) is 8.09. The van der Waals surface area contributed by atoms with E-state index in [0.717, 1.165) is 21.4 Å². The molecule has 0 bridgehead atoms. The first-order chi connectivity index (χ1) is 13.0. The molecule has 1 amide bonds. The van der Waals surface area contributed by atoms with Crippen LogP contribution in [0.2, 0.25) is 10.2 Å². The van der Waals surface area contributed by atoms with E-state index in [4.69, 9.17) is 23.2 Å². The highest BCUT2D eigenvalue weighted by Gasteiger charge is 2.13. The monoisotopic (exact) mass is 483 g/mol. The van der Waals surface area contributed by atoms with Gasteiger partial charge in [0.1, 0.15) is 5.15 Å². The topological polar surface area (TPSA) is 63.5 Å². The van der Waals surface area contributed by atoms with Gasteiger partial charge in [-0.15, -0.1) is 0 Å². The number of halogens is 3. The van der Waals surface area contributed by atoms with Gasteiger partial charge < -0.3 is 0 Å². The molecule has 138 valence electrons. The summed E-state index contributed by atoms with van der Waals surface area (Å²) in [6, 6.07) is 14.2. The van der Waals surface area contributed by atoms with Crippen molar-refractivity contribution < 1.29 is 4.79 Å². The van der Waals surface area contributed by atoms with Crippen LogP contribution in [-0.4, -0.2) is 16.7 Å². The summed E-state index contributed by atoms with van der Waals surface area (Å²) in [5.41, 5.74) is 3.63. The zero-order chi connectivity index (χ0) is 19.4. The lowest BCUT2D eigenvalue weighted by Crippen LogP contribution is -2.17. The summed E-state index contributed by atoms with van der Waals surface area (Å²) < 4.78 is 2.41. The molecule has 0 aliphatic heterocycles. The molecule has 0 atom stereocenters. The van der Waals surface area contributed by atoms with Crippen LogP contribution in [0.5, 0.6) is 0 Å². The van der Waals surface area contributed by atoms with Gasteiger partial charge in [0.25, 0.3) is 5.91 Å². The van der Waals surface area contributed by atoms with Crippen molar-refractivity contribution in [3.05, 3.63) is 88.9 Å². The Balaban J connectivity index is 1.73. The van der Waals surface area contributed by atoms with E-state index in [9.17, 15) is 9.59 Å². The number of hydrogen-bond acceptors (Lipinski definition) is 4. The Labute approximate surface area is 177 Å². The van der Waals surface area contributed by atoms with Crippen molar-refractivity contribution in [2.45, 2.75) is 6.54 Å². The van der Waals surface area contributed by atoms with Crippen molar-refractivity contribution in [1.82, 2.24) is 9.99 Å². The Bertz CT molecular complexity index is 1060. The minimum Gasteiger partial charge on any atom is -0.284 e. The normalized spacial score (nSPS) is 11.1. The highest BCUT2D eigenvalue weighted by atomic mass is 79.9. The maximum absolute atomic E-state index is 12.2. The predicted molar refractivity (Wildman–Crippen MR) is 113 cm³/mol. The Hall–Kier alpha value is -1.93. The van der Waals surface area contributed by atoms with E-state index in [1.165, 1.54) is 10.8 Å². The van der Waals surface area contributed by atoms with E-state index in [1.807, 2.05) is 24.3 Å². The van der Waals surface area contributed by atoms with Gasteiger partial charge in [-0.3, -0.25) is 14.2 Å². The highest BCUT2D eigenvalue weighted by molar-refractivity contribution is 9.10. The first-order valence-corrected chi connectivity index (χ1v) is 10.0. The molecule has 0 aliphatic carbocycles. The fraction of sp³-hybridized carbons (Fsp3) is 0.0556. The highest BCUT2D eigenvalue weighted by Crippen LogP contribution is 2.19. The SMILES string of the molecule is O=C(NN=Cc1sc(=O)n(Cc2ccc(Br)cc2)c1Cl)c1ccccc1Cl. The fourth-order valence-corrected chi connectivity index (χ4v) is 3.84. The van der Waals surface area contributed by atoms with E-state index in [-0.39, 0.29) is 10.0 Å². The van der Waals surface area contributed by atoms with Crippen LogP contribution in [0.3, 0.4) is 0 Å². The number of carbonyl (C=O) groups excluding carboxylic acids is 1. The van der Waals surface area contributed by atoms with E-state index >= 15 is 0 Å². The lowest BCUT2D eigenvalue weighted by Gasteiger charge is -2.04. The van der Waals surface area contributed by atoms with E-state index in [2.05, 4.69) is 26.5 Å². The third kappa shape index (κ3) is 4.87. The molecular weight excluding hydrogens is 473 g/mol. The standard InChI is InChI=1S/C18H12BrCl2N3O2S/c19-12-7-5-11(6-8-12)10-24-16(21)15(27-18(24)26)9-22-23-17(25)13-3-1-2-4-14(13)20/h1-9H,10H2,(H,23,25). The van der Waals surface area contributed by atoms with Crippen LogP contribution in [0, 0.1) is 0 Å². The van der Waals surface area contributed by atoms with Crippen molar-refractivity contribution >= 4 is 62.6 Å². The van der Waals surface area contributed by atoms with Gasteiger partial charge in [-0.05, 0) is 29.8 Å². The molecule has 0 radical (unpaired) electrons. The molecule has 1 aromatic heterocycles.